The second-order valence-corrected chi connectivity index (χ2v) is 5.87. The fourth-order valence-electron chi connectivity index (χ4n) is 2.17. The van der Waals surface area contributed by atoms with Crippen molar-refractivity contribution >= 4 is 15.9 Å². The molecule has 0 aromatic heterocycles. The molecule has 2 aromatic carbocycles. The number of hydrogen-bond acceptors (Lipinski definition) is 2. The summed E-state index contributed by atoms with van der Waals surface area (Å²) in [6, 6.07) is 11.3. The molecule has 106 valence electrons. The van der Waals surface area contributed by atoms with Gasteiger partial charge in [0, 0.05) is 0 Å². The first-order chi connectivity index (χ1) is 9.51. The van der Waals surface area contributed by atoms with Crippen LogP contribution in [0.15, 0.2) is 40.9 Å². The van der Waals surface area contributed by atoms with Crippen LogP contribution < -0.4 is 11.3 Å². The van der Waals surface area contributed by atoms with Crippen molar-refractivity contribution in [3.63, 3.8) is 0 Å². The molecule has 0 saturated carbocycles. The Bertz CT molecular complexity index is 613. The first kappa shape index (κ1) is 15.2. The van der Waals surface area contributed by atoms with Gasteiger partial charge in [-0.3, -0.25) is 11.3 Å². The predicted molar refractivity (Wildman–Crippen MR) is 83.8 cm³/mol. The number of hydrazine groups is 1. The summed E-state index contributed by atoms with van der Waals surface area (Å²) in [7, 11) is 0. The van der Waals surface area contributed by atoms with E-state index in [-0.39, 0.29) is 11.9 Å². The van der Waals surface area contributed by atoms with Gasteiger partial charge in [0.1, 0.15) is 5.82 Å². The van der Waals surface area contributed by atoms with Crippen molar-refractivity contribution in [2.45, 2.75) is 26.3 Å². The van der Waals surface area contributed by atoms with Crippen LogP contribution in [0.4, 0.5) is 4.39 Å². The van der Waals surface area contributed by atoms with Gasteiger partial charge in [-0.15, -0.1) is 0 Å². The fourth-order valence-corrected chi connectivity index (χ4v) is 2.41. The zero-order valence-corrected chi connectivity index (χ0v) is 13.2. The van der Waals surface area contributed by atoms with Gasteiger partial charge in [0.05, 0.1) is 10.5 Å². The number of nitrogens with two attached hydrogens (primary N) is 1. The number of halogens is 2. The molecule has 0 amide bonds. The molecule has 0 bridgehead atoms. The molecule has 2 nitrogen and oxygen atoms in total. The van der Waals surface area contributed by atoms with Crippen LogP contribution in [-0.4, -0.2) is 0 Å². The smallest absolute Gasteiger partial charge is 0.137 e. The molecular weight excluding hydrogens is 319 g/mol. The van der Waals surface area contributed by atoms with E-state index in [0.717, 1.165) is 12.0 Å². The lowest BCUT2D eigenvalue weighted by atomic mass is 9.97. The molecule has 0 spiro atoms. The van der Waals surface area contributed by atoms with Crippen LogP contribution in [0, 0.1) is 19.7 Å². The zero-order chi connectivity index (χ0) is 14.7. The monoisotopic (exact) mass is 336 g/mol. The number of benzene rings is 2. The minimum absolute atomic E-state index is 0.111. The van der Waals surface area contributed by atoms with Gasteiger partial charge in [-0.25, -0.2) is 4.39 Å². The van der Waals surface area contributed by atoms with Crippen molar-refractivity contribution in [1.82, 2.24) is 5.43 Å². The summed E-state index contributed by atoms with van der Waals surface area (Å²) in [6.07, 6.45) is 0.721. The molecule has 0 aliphatic rings. The molecule has 1 unspecified atom stereocenters. The molecule has 3 N–H and O–H groups in total. The van der Waals surface area contributed by atoms with Crippen LogP contribution in [0.3, 0.4) is 0 Å². The average molecular weight is 337 g/mol. The molecule has 0 heterocycles. The van der Waals surface area contributed by atoms with Crippen molar-refractivity contribution in [3.05, 3.63) is 68.9 Å². The summed E-state index contributed by atoms with van der Waals surface area (Å²) in [4.78, 5) is 0. The van der Waals surface area contributed by atoms with E-state index in [4.69, 9.17) is 5.84 Å². The Morgan fingerprint density at radius 1 is 1.15 bits per heavy atom. The Balaban J connectivity index is 2.23. The number of aryl methyl sites for hydroxylation is 2. The maximum Gasteiger partial charge on any atom is 0.137 e. The van der Waals surface area contributed by atoms with Gasteiger partial charge in [-0.1, -0.05) is 24.3 Å². The molecule has 0 radical (unpaired) electrons. The number of hydrogen-bond donors (Lipinski definition) is 2. The van der Waals surface area contributed by atoms with Crippen LogP contribution in [0.1, 0.15) is 28.3 Å². The van der Waals surface area contributed by atoms with E-state index in [1.807, 2.05) is 6.07 Å². The second-order valence-electron chi connectivity index (χ2n) is 5.02. The summed E-state index contributed by atoms with van der Waals surface area (Å²) in [6.45, 7) is 4.17. The molecule has 0 aliphatic carbocycles. The van der Waals surface area contributed by atoms with Gasteiger partial charge < -0.3 is 0 Å². The first-order valence-electron chi connectivity index (χ1n) is 6.48. The highest BCUT2D eigenvalue weighted by Gasteiger charge is 2.13. The summed E-state index contributed by atoms with van der Waals surface area (Å²) in [5.41, 5.74) is 7.30. The van der Waals surface area contributed by atoms with E-state index in [9.17, 15) is 4.39 Å². The third-order valence-electron chi connectivity index (χ3n) is 3.56. The Morgan fingerprint density at radius 3 is 2.50 bits per heavy atom. The molecular formula is C16H18BrFN2. The van der Waals surface area contributed by atoms with E-state index >= 15 is 0 Å². The predicted octanol–water partition coefficient (Wildman–Crippen LogP) is 3.95. The molecule has 20 heavy (non-hydrogen) atoms. The van der Waals surface area contributed by atoms with Crippen molar-refractivity contribution in [2.75, 3.05) is 0 Å². The Hall–Kier alpha value is -1.23. The molecule has 4 heteroatoms. The van der Waals surface area contributed by atoms with Crippen LogP contribution >= 0.6 is 15.9 Å². The lowest BCUT2D eigenvalue weighted by molar-refractivity contribution is 0.543. The quantitative estimate of drug-likeness (QED) is 0.655. The third-order valence-corrected chi connectivity index (χ3v) is 4.20. The highest BCUT2D eigenvalue weighted by atomic mass is 79.9. The molecule has 0 fully saturated rings. The number of rotatable bonds is 4. The van der Waals surface area contributed by atoms with Crippen molar-refractivity contribution in [2.24, 2.45) is 5.84 Å². The second kappa shape index (κ2) is 6.48. The van der Waals surface area contributed by atoms with Crippen LogP contribution in [-0.2, 0) is 6.42 Å². The maximum absolute atomic E-state index is 13.6. The van der Waals surface area contributed by atoms with E-state index in [1.54, 1.807) is 6.07 Å². The van der Waals surface area contributed by atoms with E-state index in [1.165, 1.54) is 22.8 Å². The van der Waals surface area contributed by atoms with Crippen LogP contribution in [0.25, 0.3) is 0 Å². The average Bonchev–Trinajstić information content (AvgIpc) is 2.43. The first-order valence-corrected chi connectivity index (χ1v) is 7.27. The van der Waals surface area contributed by atoms with Gasteiger partial charge in [-0.2, -0.15) is 0 Å². The summed E-state index contributed by atoms with van der Waals surface area (Å²) in [5.74, 6) is 5.35. The Morgan fingerprint density at radius 2 is 1.90 bits per heavy atom. The summed E-state index contributed by atoms with van der Waals surface area (Å²) >= 11 is 3.16. The van der Waals surface area contributed by atoms with E-state index in [2.05, 4.69) is 53.4 Å². The van der Waals surface area contributed by atoms with Gasteiger partial charge in [-0.05, 0) is 70.6 Å². The minimum atomic E-state index is -0.275. The zero-order valence-electron chi connectivity index (χ0n) is 11.6. The standard InChI is InChI=1S/C16H18BrFN2/c1-10-3-4-12(7-11(10)2)8-16(20-19)13-5-6-14(17)15(18)9-13/h3-7,9,16,20H,8,19H2,1-2H3. The SMILES string of the molecule is Cc1ccc(CC(NN)c2ccc(Br)c(F)c2)cc1C. The van der Waals surface area contributed by atoms with Crippen LogP contribution in [0.5, 0.6) is 0 Å². The largest absolute Gasteiger partial charge is 0.271 e. The molecule has 0 saturated heterocycles. The third kappa shape index (κ3) is 3.45. The van der Waals surface area contributed by atoms with E-state index < -0.39 is 0 Å². The maximum atomic E-state index is 13.6. The van der Waals surface area contributed by atoms with Crippen LogP contribution in [0.2, 0.25) is 0 Å². The highest BCUT2D eigenvalue weighted by Crippen LogP contribution is 2.23. The summed E-state index contributed by atoms with van der Waals surface area (Å²) in [5, 5.41) is 0. The fraction of sp³-hybridized carbons (Fsp3) is 0.250. The van der Waals surface area contributed by atoms with Gasteiger partial charge in [0.25, 0.3) is 0 Å². The molecule has 1 atom stereocenters. The van der Waals surface area contributed by atoms with Crippen molar-refractivity contribution in [1.29, 1.82) is 0 Å². The molecule has 0 aliphatic heterocycles. The Labute approximate surface area is 127 Å². The normalized spacial score (nSPS) is 12.4. The van der Waals surface area contributed by atoms with Crippen molar-refractivity contribution < 1.29 is 4.39 Å². The number of nitrogens with one attached hydrogen (secondary N) is 1. The van der Waals surface area contributed by atoms with Crippen molar-refractivity contribution in [3.8, 4) is 0 Å². The Kier molecular flexibility index (Phi) is 4.91. The van der Waals surface area contributed by atoms with Gasteiger partial charge in [0.15, 0.2) is 0 Å². The summed E-state index contributed by atoms with van der Waals surface area (Å²) < 4.78 is 14.1. The molecule has 2 rings (SSSR count). The topological polar surface area (TPSA) is 38.0 Å². The lowest BCUT2D eigenvalue weighted by Gasteiger charge is -2.17. The van der Waals surface area contributed by atoms with Gasteiger partial charge in [0.2, 0.25) is 0 Å². The highest BCUT2D eigenvalue weighted by molar-refractivity contribution is 9.10. The lowest BCUT2D eigenvalue weighted by Crippen LogP contribution is -2.29. The van der Waals surface area contributed by atoms with Gasteiger partial charge >= 0.3 is 0 Å². The van der Waals surface area contributed by atoms with E-state index in [0.29, 0.717) is 4.47 Å². The minimum Gasteiger partial charge on any atom is -0.271 e. The molecule has 2 aromatic rings.